The first-order valence-electron chi connectivity index (χ1n) is 13.2. The van der Waals surface area contributed by atoms with Gasteiger partial charge in [0.2, 0.25) is 5.91 Å². The van der Waals surface area contributed by atoms with Gasteiger partial charge in [0.1, 0.15) is 11.6 Å². The Balaban J connectivity index is 1.51. The Morgan fingerprint density at radius 2 is 1.90 bits per heavy atom. The number of aromatic nitrogens is 2. The molecule has 0 spiro atoms. The zero-order valence-corrected chi connectivity index (χ0v) is 23.4. The number of amides is 1. The van der Waals surface area contributed by atoms with Crippen molar-refractivity contribution in [3.05, 3.63) is 93.5 Å². The number of rotatable bonds is 5. The number of nitrogens with zero attached hydrogens (tertiary/aromatic N) is 3. The molecule has 6 rings (SSSR count). The molecule has 2 aliphatic rings. The van der Waals surface area contributed by atoms with E-state index in [2.05, 4.69) is 14.8 Å². The van der Waals surface area contributed by atoms with E-state index in [1.54, 1.807) is 48.5 Å². The lowest BCUT2D eigenvalue weighted by molar-refractivity contribution is -0.121. The Kier molecular flexibility index (Phi) is 7.02. The average Bonchev–Trinajstić information content (AvgIpc) is 3.49. The number of carbonyl (C=O) groups excluding carboxylic acids is 2. The summed E-state index contributed by atoms with van der Waals surface area (Å²) >= 11 is 12.4. The molecule has 206 valence electrons. The minimum atomic E-state index is -0.691. The third-order valence-corrected chi connectivity index (χ3v) is 8.66. The fourth-order valence-electron chi connectivity index (χ4n) is 6.55. The van der Waals surface area contributed by atoms with Crippen LogP contribution in [0.15, 0.2) is 60.7 Å². The second kappa shape index (κ2) is 10.5. The molecule has 3 heterocycles. The van der Waals surface area contributed by atoms with Gasteiger partial charge in [0.25, 0.3) is 0 Å². The van der Waals surface area contributed by atoms with Gasteiger partial charge in [-0.3, -0.25) is 9.69 Å². The number of anilines is 1. The molecule has 3 aromatic carbocycles. The number of hydrogen-bond acceptors (Lipinski definition) is 5. The van der Waals surface area contributed by atoms with Gasteiger partial charge < -0.3 is 14.6 Å². The van der Waals surface area contributed by atoms with Gasteiger partial charge in [-0.1, -0.05) is 48.3 Å². The van der Waals surface area contributed by atoms with Crippen LogP contribution in [-0.2, 0) is 16.1 Å². The molecule has 0 radical (unpaired) electrons. The first-order valence-corrected chi connectivity index (χ1v) is 13.9. The predicted octanol–water partition coefficient (Wildman–Crippen LogP) is 6.25. The highest BCUT2D eigenvalue weighted by Crippen LogP contribution is 2.52. The van der Waals surface area contributed by atoms with Crippen molar-refractivity contribution in [2.75, 3.05) is 19.0 Å². The molecular formula is C30H27Cl2FN4O3. The molecule has 0 saturated carbocycles. The van der Waals surface area contributed by atoms with E-state index in [4.69, 9.17) is 32.9 Å². The number of ether oxygens (including phenoxy) is 1. The minimum Gasteiger partial charge on any atom is -0.465 e. The smallest absolute Gasteiger partial charge is 0.337 e. The van der Waals surface area contributed by atoms with Crippen LogP contribution in [-0.4, -0.2) is 52.1 Å². The Hall–Kier alpha value is -3.46. The number of halogens is 3. The average molecular weight is 581 g/mol. The number of aryl methyl sites for hydroxylation is 1. The number of carbonyl (C=O) groups is 2. The van der Waals surface area contributed by atoms with Gasteiger partial charge in [-0.05, 0) is 61.0 Å². The molecule has 1 saturated heterocycles. The highest BCUT2D eigenvalue weighted by molar-refractivity contribution is 6.31. The van der Waals surface area contributed by atoms with Gasteiger partial charge in [0.05, 0.1) is 34.8 Å². The fourth-order valence-corrected chi connectivity index (χ4v) is 6.92. The molecule has 1 N–H and O–H groups in total. The monoisotopic (exact) mass is 580 g/mol. The summed E-state index contributed by atoms with van der Waals surface area (Å²) in [4.78, 5) is 33.3. The molecule has 10 heteroatoms. The quantitative estimate of drug-likeness (QED) is 0.282. The Bertz CT molecular complexity index is 1640. The van der Waals surface area contributed by atoms with Gasteiger partial charge in [-0.15, -0.1) is 0 Å². The van der Waals surface area contributed by atoms with E-state index < -0.39 is 23.7 Å². The summed E-state index contributed by atoms with van der Waals surface area (Å²) in [7, 11) is 1.34. The third kappa shape index (κ3) is 4.35. The van der Waals surface area contributed by atoms with E-state index in [0.717, 1.165) is 17.8 Å². The molecule has 0 unspecified atom stereocenters. The van der Waals surface area contributed by atoms with Crippen molar-refractivity contribution >= 4 is 51.8 Å². The maximum atomic E-state index is 15.7. The summed E-state index contributed by atoms with van der Waals surface area (Å²) in [6.45, 7) is 3.27. The van der Waals surface area contributed by atoms with Crippen molar-refractivity contribution in [1.29, 1.82) is 0 Å². The van der Waals surface area contributed by atoms with Gasteiger partial charge >= 0.3 is 5.97 Å². The van der Waals surface area contributed by atoms with Crippen LogP contribution >= 0.6 is 23.2 Å². The first-order chi connectivity index (χ1) is 19.3. The molecule has 4 atom stereocenters. The zero-order valence-electron chi connectivity index (χ0n) is 21.9. The molecule has 4 aromatic rings. The highest BCUT2D eigenvalue weighted by atomic mass is 35.5. The summed E-state index contributed by atoms with van der Waals surface area (Å²) in [5, 5.41) is 3.52. The first kappa shape index (κ1) is 26.7. The molecule has 1 amide bonds. The number of likely N-dealkylation sites (tertiary alicyclic amines) is 1. The van der Waals surface area contributed by atoms with Crippen LogP contribution < -0.4 is 5.32 Å². The molecular weight excluding hydrogens is 554 g/mol. The van der Waals surface area contributed by atoms with E-state index in [9.17, 15) is 9.59 Å². The van der Waals surface area contributed by atoms with Crippen LogP contribution in [0.5, 0.6) is 0 Å². The van der Waals surface area contributed by atoms with Crippen molar-refractivity contribution in [2.24, 2.45) is 0 Å². The second-order valence-electron chi connectivity index (χ2n) is 10.1. The lowest BCUT2D eigenvalue weighted by Crippen LogP contribution is -2.45. The van der Waals surface area contributed by atoms with E-state index in [1.807, 2.05) is 13.0 Å². The Morgan fingerprint density at radius 3 is 2.65 bits per heavy atom. The lowest BCUT2D eigenvalue weighted by atomic mass is 9.78. The Labute approximate surface area is 240 Å². The van der Waals surface area contributed by atoms with Crippen LogP contribution in [0, 0.1) is 5.82 Å². The fraction of sp³-hybridized carbons (Fsp3) is 0.300. The predicted molar refractivity (Wildman–Crippen MR) is 153 cm³/mol. The van der Waals surface area contributed by atoms with Gasteiger partial charge in [0, 0.05) is 35.1 Å². The number of esters is 1. The van der Waals surface area contributed by atoms with E-state index >= 15 is 4.39 Å². The van der Waals surface area contributed by atoms with Crippen molar-refractivity contribution in [3.63, 3.8) is 0 Å². The summed E-state index contributed by atoms with van der Waals surface area (Å²) in [6, 6.07) is 16.4. The Morgan fingerprint density at radius 1 is 1.10 bits per heavy atom. The van der Waals surface area contributed by atoms with Crippen LogP contribution in [0.4, 0.5) is 10.1 Å². The summed E-state index contributed by atoms with van der Waals surface area (Å²) in [5.74, 6) is -1.34. The summed E-state index contributed by atoms with van der Waals surface area (Å²) in [5.41, 5.74) is 2.87. The number of benzene rings is 3. The number of nitrogens with one attached hydrogen (secondary N) is 1. The number of hydrogen-bond donors (Lipinski definition) is 1. The minimum absolute atomic E-state index is 0.00466. The van der Waals surface area contributed by atoms with Crippen LogP contribution in [0.2, 0.25) is 10.0 Å². The highest BCUT2D eigenvalue weighted by Gasteiger charge is 2.55. The zero-order chi connectivity index (χ0) is 28.1. The number of imidazole rings is 1. The number of methoxy groups -OCH3 is 1. The third-order valence-electron chi connectivity index (χ3n) is 8.14. The normalized spacial score (nSPS) is 22.1. The maximum absolute atomic E-state index is 15.7. The maximum Gasteiger partial charge on any atom is 0.337 e. The molecule has 1 fully saturated rings. The standard InChI is InChI=1S/C30H27Cl2FN4O3/c1-3-36-23-12-13-37-22-11-10-16(30(39)40-2)14-21(22)35-28(37)25(23)24(19-8-5-9-20(32)26(19)33)27(36)29(38)34-18-7-4-6-17(31)15-18/h4-11,14-15,23-25,27H,3,12-13H2,1-2H3,(H,34,38)/t23-,24-,25+,27+/m0/s1. The van der Waals surface area contributed by atoms with Crippen molar-refractivity contribution in [3.8, 4) is 0 Å². The van der Waals surface area contributed by atoms with Crippen LogP contribution in [0.1, 0.15) is 46.9 Å². The SMILES string of the molecule is CCN1[C@H]2CCn3c(nc4cc(C(=O)OC)ccc43)[C@H]2[C@H](c2cccc(Cl)c2F)[C@@H]1C(=O)Nc1cccc(Cl)c1. The second-order valence-corrected chi connectivity index (χ2v) is 11.0. The molecule has 0 aliphatic carbocycles. The number of likely N-dealkylation sites (N-methyl/N-ethyl adjacent to an activating group) is 1. The number of fused-ring (bicyclic) bond motifs is 5. The van der Waals surface area contributed by atoms with E-state index in [1.165, 1.54) is 13.2 Å². The van der Waals surface area contributed by atoms with Crippen molar-refractivity contribution in [2.45, 2.75) is 43.8 Å². The lowest BCUT2D eigenvalue weighted by Gasteiger charge is -2.33. The molecule has 1 aromatic heterocycles. The van der Waals surface area contributed by atoms with Gasteiger partial charge in [-0.25, -0.2) is 14.2 Å². The molecule has 40 heavy (non-hydrogen) atoms. The van der Waals surface area contributed by atoms with Crippen molar-refractivity contribution < 1.29 is 18.7 Å². The van der Waals surface area contributed by atoms with Crippen LogP contribution in [0.25, 0.3) is 11.0 Å². The largest absolute Gasteiger partial charge is 0.465 e. The summed E-state index contributed by atoms with van der Waals surface area (Å²) < 4.78 is 22.8. The van der Waals surface area contributed by atoms with E-state index in [-0.39, 0.29) is 22.9 Å². The van der Waals surface area contributed by atoms with Crippen LogP contribution in [0.3, 0.4) is 0 Å². The molecule has 7 nitrogen and oxygen atoms in total. The summed E-state index contributed by atoms with van der Waals surface area (Å²) in [6.07, 6.45) is 0.745. The molecule has 2 aliphatic heterocycles. The van der Waals surface area contributed by atoms with Gasteiger partial charge in [0.15, 0.2) is 0 Å². The van der Waals surface area contributed by atoms with Crippen molar-refractivity contribution in [1.82, 2.24) is 14.5 Å². The van der Waals surface area contributed by atoms with Gasteiger partial charge in [-0.2, -0.15) is 0 Å². The van der Waals surface area contributed by atoms with E-state index in [0.29, 0.717) is 40.4 Å². The topological polar surface area (TPSA) is 76.5 Å². The molecule has 0 bridgehead atoms.